The van der Waals surface area contributed by atoms with E-state index in [4.69, 9.17) is 5.73 Å². The quantitative estimate of drug-likeness (QED) is 0.708. The van der Waals surface area contributed by atoms with Crippen LogP contribution < -0.4 is 11.3 Å². The van der Waals surface area contributed by atoms with Gasteiger partial charge in [0.25, 0.3) is 5.56 Å². The molecule has 6 nitrogen and oxygen atoms in total. The van der Waals surface area contributed by atoms with Gasteiger partial charge in [-0.25, -0.2) is 10.1 Å². The number of nitrogens with one attached hydrogen (secondary N) is 1. The topological polar surface area (TPSA) is 89.6 Å². The fraction of sp³-hybridized carbons (Fsp3) is 0.154. The normalized spacial score (nSPS) is 11.1. The van der Waals surface area contributed by atoms with Crippen molar-refractivity contribution in [1.82, 2.24) is 19.7 Å². The van der Waals surface area contributed by atoms with Crippen LogP contribution in [0.15, 0.2) is 35.5 Å². The SMILES string of the molecule is Cn1cncc1-c1ccc2c(=O)[nH]nc(CN)c2c1. The van der Waals surface area contributed by atoms with Crippen LogP contribution in [0.3, 0.4) is 0 Å². The Balaban J connectivity index is 2.31. The highest BCUT2D eigenvalue weighted by Gasteiger charge is 2.08. The van der Waals surface area contributed by atoms with Crippen molar-refractivity contribution < 1.29 is 0 Å². The molecule has 0 spiro atoms. The van der Waals surface area contributed by atoms with E-state index in [0.29, 0.717) is 11.1 Å². The van der Waals surface area contributed by atoms with E-state index >= 15 is 0 Å². The lowest BCUT2D eigenvalue weighted by molar-refractivity contribution is 0.899. The van der Waals surface area contributed by atoms with Crippen LogP contribution in [0.5, 0.6) is 0 Å². The molecule has 0 atom stereocenters. The Morgan fingerprint density at radius 1 is 1.37 bits per heavy atom. The number of hydrogen-bond acceptors (Lipinski definition) is 4. The first-order valence-corrected chi connectivity index (χ1v) is 5.89. The molecule has 0 fully saturated rings. The Kier molecular flexibility index (Phi) is 2.64. The van der Waals surface area contributed by atoms with Gasteiger partial charge in [-0.2, -0.15) is 5.10 Å². The summed E-state index contributed by atoms with van der Waals surface area (Å²) in [5, 5.41) is 7.82. The lowest BCUT2D eigenvalue weighted by atomic mass is 10.1. The molecule has 3 aromatic rings. The van der Waals surface area contributed by atoms with E-state index in [-0.39, 0.29) is 12.1 Å². The van der Waals surface area contributed by atoms with Gasteiger partial charge in [0.2, 0.25) is 0 Å². The first kappa shape index (κ1) is 11.6. The number of imidazole rings is 1. The Bertz CT molecular complexity index is 802. The zero-order chi connectivity index (χ0) is 13.4. The number of hydrogen-bond donors (Lipinski definition) is 2. The van der Waals surface area contributed by atoms with Gasteiger partial charge < -0.3 is 10.3 Å². The molecule has 2 aromatic heterocycles. The molecule has 0 unspecified atom stereocenters. The first-order chi connectivity index (χ1) is 9.20. The molecule has 2 heterocycles. The third kappa shape index (κ3) is 1.82. The van der Waals surface area contributed by atoms with Gasteiger partial charge in [0.15, 0.2) is 0 Å². The second-order valence-electron chi connectivity index (χ2n) is 4.35. The van der Waals surface area contributed by atoms with Crippen LogP contribution in [0.1, 0.15) is 5.69 Å². The molecular weight excluding hydrogens is 242 g/mol. The number of aromatic nitrogens is 4. The van der Waals surface area contributed by atoms with Crippen molar-refractivity contribution in [1.29, 1.82) is 0 Å². The molecule has 0 aliphatic rings. The number of aryl methyl sites for hydroxylation is 1. The Morgan fingerprint density at radius 3 is 2.89 bits per heavy atom. The van der Waals surface area contributed by atoms with Gasteiger partial charge in [-0.05, 0) is 12.1 Å². The number of aromatic amines is 1. The van der Waals surface area contributed by atoms with E-state index in [2.05, 4.69) is 15.2 Å². The van der Waals surface area contributed by atoms with Crippen molar-refractivity contribution in [2.45, 2.75) is 6.54 Å². The van der Waals surface area contributed by atoms with Gasteiger partial charge in [0.05, 0.1) is 29.3 Å². The minimum Gasteiger partial charge on any atom is -0.334 e. The third-order valence-corrected chi connectivity index (χ3v) is 3.17. The van der Waals surface area contributed by atoms with Crippen molar-refractivity contribution in [2.24, 2.45) is 12.8 Å². The third-order valence-electron chi connectivity index (χ3n) is 3.17. The molecule has 6 heteroatoms. The molecular formula is C13H13N5O. The van der Waals surface area contributed by atoms with E-state index < -0.39 is 0 Å². The molecule has 0 radical (unpaired) electrons. The van der Waals surface area contributed by atoms with Crippen molar-refractivity contribution >= 4 is 10.8 Å². The van der Waals surface area contributed by atoms with Crippen LogP contribution in [0, 0.1) is 0 Å². The summed E-state index contributed by atoms with van der Waals surface area (Å²) >= 11 is 0. The number of benzene rings is 1. The molecule has 0 amide bonds. The molecule has 0 saturated heterocycles. The summed E-state index contributed by atoms with van der Waals surface area (Å²) in [6.45, 7) is 0.280. The maximum absolute atomic E-state index is 11.7. The average molecular weight is 255 g/mol. The number of fused-ring (bicyclic) bond motifs is 1. The maximum Gasteiger partial charge on any atom is 0.272 e. The maximum atomic E-state index is 11.7. The van der Waals surface area contributed by atoms with Crippen LogP contribution in [-0.4, -0.2) is 19.7 Å². The van der Waals surface area contributed by atoms with Crippen molar-refractivity contribution in [3.8, 4) is 11.3 Å². The van der Waals surface area contributed by atoms with Gasteiger partial charge in [-0.3, -0.25) is 4.79 Å². The molecule has 0 aliphatic carbocycles. The monoisotopic (exact) mass is 255 g/mol. The smallest absolute Gasteiger partial charge is 0.272 e. The van der Waals surface area contributed by atoms with E-state index in [9.17, 15) is 4.79 Å². The zero-order valence-corrected chi connectivity index (χ0v) is 10.4. The Morgan fingerprint density at radius 2 is 2.21 bits per heavy atom. The van der Waals surface area contributed by atoms with Gasteiger partial charge >= 0.3 is 0 Å². The minimum absolute atomic E-state index is 0.205. The van der Waals surface area contributed by atoms with Crippen LogP contribution in [0.2, 0.25) is 0 Å². The fourth-order valence-electron chi connectivity index (χ4n) is 2.17. The molecule has 1 aromatic carbocycles. The number of nitrogens with zero attached hydrogens (tertiary/aromatic N) is 3. The summed E-state index contributed by atoms with van der Waals surface area (Å²) in [5.41, 5.74) is 8.10. The summed E-state index contributed by atoms with van der Waals surface area (Å²) in [5.74, 6) is 0. The standard InChI is InChI=1S/C13H13N5O/c1-18-7-15-6-12(18)8-2-3-9-10(4-8)11(5-14)16-17-13(9)19/h2-4,6-7H,5,14H2,1H3,(H,17,19). The average Bonchev–Trinajstić information content (AvgIpc) is 2.85. The molecule has 3 rings (SSSR count). The van der Waals surface area contributed by atoms with Crippen LogP contribution in [0.4, 0.5) is 0 Å². The van der Waals surface area contributed by atoms with Gasteiger partial charge in [0, 0.05) is 24.5 Å². The number of H-pyrrole nitrogens is 1. The first-order valence-electron chi connectivity index (χ1n) is 5.89. The summed E-state index contributed by atoms with van der Waals surface area (Å²) < 4.78 is 1.92. The second kappa shape index (κ2) is 4.33. The van der Waals surface area contributed by atoms with Gasteiger partial charge in [-0.15, -0.1) is 0 Å². The van der Waals surface area contributed by atoms with Crippen LogP contribution in [0.25, 0.3) is 22.0 Å². The summed E-state index contributed by atoms with van der Waals surface area (Å²) in [4.78, 5) is 15.8. The predicted molar refractivity (Wildman–Crippen MR) is 72.5 cm³/mol. The fourth-order valence-corrected chi connectivity index (χ4v) is 2.17. The summed E-state index contributed by atoms with van der Waals surface area (Å²) in [6.07, 6.45) is 3.52. The highest BCUT2D eigenvalue weighted by molar-refractivity contribution is 5.87. The minimum atomic E-state index is -0.205. The van der Waals surface area contributed by atoms with Crippen LogP contribution >= 0.6 is 0 Å². The highest BCUT2D eigenvalue weighted by atomic mass is 16.1. The molecule has 96 valence electrons. The van der Waals surface area contributed by atoms with Crippen LogP contribution in [-0.2, 0) is 13.6 Å². The van der Waals surface area contributed by atoms with Gasteiger partial charge in [-0.1, -0.05) is 6.07 Å². The predicted octanol–water partition coefficient (Wildman–Crippen LogP) is 0.782. The summed E-state index contributed by atoms with van der Waals surface area (Å²) in [6, 6.07) is 5.61. The number of rotatable bonds is 2. The lowest BCUT2D eigenvalue weighted by Gasteiger charge is -2.06. The Labute approximate surface area is 108 Å². The lowest BCUT2D eigenvalue weighted by Crippen LogP contribution is -2.13. The second-order valence-corrected chi connectivity index (χ2v) is 4.35. The molecule has 0 aliphatic heterocycles. The molecule has 0 saturated carbocycles. The van der Waals surface area contributed by atoms with Gasteiger partial charge in [0.1, 0.15) is 0 Å². The van der Waals surface area contributed by atoms with Crippen molar-refractivity contribution in [2.75, 3.05) is 0 Å². The van der Waals surface area contributed by atoms with E-state index in [1.165, 1.54) is 0 Å². The van der Waals surface area contributed by atoms with Crippen molar-refractivity contribution in [3.63, 3.8) is 0 Å². The molecule has 3 N–H and O–H groups in total. The Hall–Kier alpha value is -2.47. The highest BCUT2D eigenvalue weighted by Crippen LogP contribution is 2.23. The van der Waals surface area contributed by atoms with E-state index in [1.807, 2.05) is 23.7 Å². The van der Waals surface area contributed by atoms with E-state index in [1.54, 1.807) is 18.6 Å². The summed E-state index contributed by atoms with van der Waals surface area (Å²) in [7, 11) is 1.92. The number of nitrogens with two attached hydrogens (primary N) is 1. The molecule has 19 heavy (non-hydrogen) atoms. The van der Waals surface area contributed by atoms with E-state index in [0.717, 1.165) is 16.6 Å². The zero-order valence-electron chi connectivity index (χ0n) is 10.4. The largest absolute Gasteiger partial charge is 0.334 e. The molecule has 0 bridgehead atoms. The van der Waals surface area contributed by atoms with Crippen molar-refractivity contribution in [3.05, 3.63) is 46.8 Å².